The summed E-state index contributed by atoms with van der Waals surface area (Å²) in [6.07, 6.45) is 1.42. The summed E-state index contributed by atoms with van der Waals surface area (Å²) in [6.45, 7) is 3.20. The number of hydrogen-bond donors (Lipinski definition) is 1. The van der Waals surface area contributed by atoms with Gasteiger partial charge in [-0.15, -0.1) is 0 Å². The molecule has 1 amide bonds. The highest BCUT2D eigenvalue weighted by atomic mass is 32.2. The molecule has 0 radical (unpaired) electrons. The number of rotatable bonds is 4. The Balaban J connectivity index is 1.54. The van der Waals surface area contributed by atoms with Gasteiger partial charge >= 0.3 is 0 Å². The highest BCUT2D eigenvalue weighted by molar-refractivity contribution is 7.93. The van der Waals surface area contributed by atoms with Crippen molar-refractivity contribution in [1.82, 2.24) is 14.8 Å². The van der Waals surface area contributed by atoms with Crippen LogP contribution >= 0.6 is 11.3 Å². The minimum absolute atomic E-state index is 0.0171. The second-order valence-corrected chi connectivity index (χ2v) is 9.63. The fraction of sp³-hybridized carbons (Fsp3) is 0.500. The molecule has 0 spiro atoms. The molecule has 1 N–H and O–H groups in total. The van der Waals surface area contributed by atoms with Crippen LogP contribution in [-0.4, -0.2) is 67.6 Å². The molecule has 1 aliphatic heterocycles. The molecular formula is C16H20N4O3S2. The maximum Gasteiger partial charge on any atom is 0.253 e. The molecule has 9 heteroatoms. The highest BCUT2D eigenvalue weighted by Gasteiger charge is 2.36. The van der Waals surface area contributed by atoms with Gasteiger partial charge in [-0.25, -0.2) is 13.4 Å². The Bertz CT molecular complexity index is 913. The van der Waals surface area contributed by atoms with E-state index in [0.29, 0.717) is 29.1 Å². The number of amides is 1. The Morgan fingerprint density at radius 1 is 1.24 bits per heavy atom. The predicted octanol–water partition coefficient (Wildman–Crippen LogP) is 1.59. The molecule has 2 heterocycles. The summed E-state index contributed by atoms with van der Waals surface area (Å²) in [4.78, 5) is 21.1. The molecule has 25 heavy (non-hydrogen) atoms. The Morgan fingerprint density at radius 2 is 1.96 bits per heavy atom. The smallest absolute Gasteiger partial charge is 0.253 e. The lowest BCUT2D eigenvalue weighted by molar-refractivity contribution is 0.0664. The van der Waals surface area contributed by atoms with E-state index in [1.165, 1.54) is 11.3 Å². The van der Waals surface area contributed by atoms with Crippen molar-refractivity contribution in [1.29, 1.82) is 0 Å². The van der Waals surface area contributed by atoms with Crippen LogP contribution in [0, 0.1) is 0 Å². The van der Waals surface area contributed by atoms with Crippen molar-refractivity contribution in [2.75, 3.05) is 37.9 Å². The number of benzene rings is 1. The molecule has 134 valence electrons. The Kier molecular flexibility index (Phi) is 4.17. The summed E-state index contributed by atoms with van der Waals surface area (Å²) in [5.41, 5.74) is 1.32. The molecule has 7 nitrogen and oxygen atoms in total. The fourth-order valence-electron chi connectivity index (χ4n) is 2.88. The minimum Gasteiger partial charge on any atom is -0.336 e. The van der Waals surface area contributed by atoms with Gasteiger partial charge in [0.2, 0.25) is 10.0 Å². The van der Waals surface area contributed by atoms with Crippen molar-refractivity contribution in [2.24, 2.45) is 0 Å². The van der Waals surface area contributed by atoms with Crippen LogP contribution in [0.25, 0.3) is 10.2 Å². The zero-order valence-corrected chi connectivity index (χ0v) is 15.6. The van der Waals surface area contributed by atoms with Crippen LogP contribution < -0.4 is 4.72 Å². The lowest BCUT2D eigenvalue weighted by atomic mass is 10.1. The summed E-state index contributed by atoms with van der Waals surface area (Å²) < 4.78 is 27.5. The fourth-order valence-corrected chi connectivity index (χ4v) is 5.36. The number of anilines is 1. The van der Waals surface area contributed by atoms with Gasteiger partial charge in [-0.2, -0.15) is 0 Å². The summed E-state index contributed by atoms with van der Waals surface area (Å²) in [5, 5.41) is 0.0833. The minimum atomic E-state index is -3.32. The molecule has 2 aliphatic rings. The molecule has 1 saturated heterocycles. The number of piperazine rings is 1. The lowest BCUT2D eigenvalue weighted by Crippen LogP contribution is -2.47. The zero-order chi connectivity index (χ0) is 17.6. The largest absolute Gasteiger partial charge is 0.336 e. The van der Waals surface area contributed by atoms with Gasteiger partial charge in [0.25, 0.3) is 5.91 Å². The number of carbonyl (C=O) groups excluding carboxylic acids is 1. The molecule has 0 unspecified atom stereocenters. The molecule has 2 aromatic rings. The van der Waals surface area contributed by atoms with Crippen molar-refractivity contribution in [2.45, 2.75) is 18.1 Å². The van der Waals surface area contributed by atoms with Crippen LogP contribution in [0.1, 0.15) is 23.2 Å². The van der Waals surface area contributed by atoms with Crippen LogP contribution in [0.5, 0.6) is 0 Å². The maximum absolute atomic E-state index is 12.7. The number of likely N-dealkylation sites (N-methyl/N-ethyl adjacent to an activating group) is 1. The summed E-state index contributed by atoms with van der Waals surface area (Å²) >= 11 is 1.27. The molecular weight excluding hydrogens is 360 g/mol. The van der Waals surface area contributed by atoms with Crippen molar-refractivity contribution < 1.29 is 13.2 Å². The molecule has 0 atom stereocenters. The molecule has 0 bridgehead atoms. The second kappa shape index (κ2) is 6.22. The predicted molar refractivity (Wildman–Crippen MR) is 98.6 cm³/mol. The summed E-state index contributed by atoms with van der Waals surface area (Å²) in [7, 11) is -1.27. The number of hydrogen-bond acceptors (Lipinski definition) is 6. The molecule has 4 rings (SSSR count). The van der Waals surface area contributed by atoms with Gasteiger partial charge in [0.05, 0.1) is 15.5 Å². The topological polar surface area (TPSA) is 82.6 Å². The average molecular weight is 380 g/mol. The van der Waals surface area contributed by atoms with Gasteiger partial charge in [-0.05, 0) is 38.1 Å². The van der Waals surface area contributed by atoms with E-state index in [4.69, 9.17) is 0 Å². The average Bonchev–Trinajstić information content (AvgIpc) is 3.36. The van der Waals surface area contributed by atoms with Crippen molar-refractivity contribution >= 4 is 42.6 Å². The van der Waals surface area contributed by atoms with Gasteiger partial charge in [-0.1, -0.05) is 11.3 Å². The van der Waals surface area contributed by atoms with Gasteiger partial charge in [0.15, 0.2) is 5.13 Å². The Hall–Kier alpha value is -1.71. The molecule has 1 aliphatic carbocycles. The van der Waals surface area contributed by atoms with Crippen molar-refractivity contribution in [3.05, 3.63) is 23.8 Å². The first-order valence-electron chi connectivity index (χ1n) is 8.32. The quantitative estimate of drug-likeness (QED) is 0.871. The first-order valence-corrected chi connectivity index (χ1v) is 10.7. The third kappa shape index (κ3) is 3.49. The summed E-state index contributed by atoms with van der Waals surface area (Å²) in [6, 6.07) is 5.36. The standard InChI is InChI=1S/C16H20N4O3S2/c1-19-6-8-20(9-7-19)15(21)11-2-5-13-14(10-11)24-16(17-13)18-25(22,23)12-3-4-12/h2,5,10,12H,3-4,6-9H2,1H3,(H,17,18). The Labute approximate surface area is 150 Å². The highest BCUT2D eigenvalue weighted by Crippen LogP contribution is 2.33. The van der Waals surface area contributed by atoms with E-state index in [1.807, 2.05) is 11.0 Å². The number of fused-ring (bicyclic) bond motifs is 1. The van der Waals surface area contributed by atoms with Gasteiger partial charge in [0.1, 0.15) is 0 Å². The number of thiazole rings is 1. The van der Waals surface area contributed by atoms with Crippen LogP contribution in [-0.2, 0) is 10.0 Å². The van der Waals surface area contributed by atoms with Gasteiger partial charge in [-0.3, -0.25) is 9.52 Å². The number of carbonyl (C=O) groups is 1. The third-order valence-corrected chi connectivity index (χ3v) is 7.51. The monoisotopic (exact) mass is 380 g/mol. The zero-order valence-electron chi connectivity index (χ0n) is 13.9. The van der Waals surface area contributed by atoms with Crippen LogP contribution in [0.2, 0.25) is 0 Å². The van der Waals surface area contributed by atoms with Crippen molar-refractivity contribution in [3.63, 3.8) is 0 Å². The van der Waals surface area contributed by atoms with E-state index < -0.39 is 10.0 Å². The second-order valence-electron chi connectivity index (χ2n) is 6.64. The van der Waals surface area contributed by atoms with E-state index in [-0.39, 0.29) is 11.2 Å². The molecule has 1 saturated carbocycles. The van der Waals surface area contributed by atoms with Gasteiger partial charge in [0, 0.05) is 31.7 Å². The molecule has 2 fully saturated rings. The van der Waals surface area contributed by atoms with Crippen LogP contribution in [0.15, 0.2) is 18.2 Å². The van der Waals surface area contributed by atoms with E-state index in [0.717, 1.165) is 30.9 Å². The van der Waals surface area contributed by atoms with E-state index in [1.54, 1.807) is 12.1 Å². The number of nitrogens with zero attached hydrogens (tertiary/aromatic N) is 3. The molecule has 1 aromatic carbocycles. The van der Waals surface area contributed by atoms with Gasteiger partial charge < -0.3 is 9.80 Å². The molecule has 1 aromatic heterocycles. The van der Waals surface area contributed by atoms with Crippen LogP contribution in [0.4, 0.5) is 5.13 Å². The normalized spacial score (nSPS) is 19.3. The Morgan fingerprint density at radius 3 is 2.64 bits per heavy atom. The number of sulfonamides is 1. The maximum atomic E-state index is 12.7. The number of nitrogens with one attached hydrogen (secondary N) is 1. The SMILES string of the molecule is CN1CCN(C(=O)c2ccc3nc(NS(=O)(=O)C4CC4)sc3c2)CC1. The lowest BCUT2D eigenvalue weighted by Gasteiger charge is -2.32. The van der Waals surface area contributed by atoms with Crippen molar-refractivity contribution in [3.8, 4) is 0 Å². The number of aromatic nitrogens is 1. The third-order valence-electron chi connectivity index (χ3n) is 4.62. The summed E-state index contributed by atoms with van der Waals surface area (Å²) in [5.74, 6) is 0.0171. The van der Waals surface area contributed by atoms with E-state index >= 15 is 0 Å². The first-order chi connectivity index (χ1) is 11.9. The van der Waals surface area contributed by atoms with E-state index in [9.17, 15) is 13.2 Å². The first kappa shape index (κ1) is 16.7. The van der Waals surface area contributed by atoms with E-state index in [2.05, 4.69) is 21.7 Å². The van der Waals surface area contributed by atoms with Crippen LogP contribution in [0.3, 0.4) is 0 Å².